The Balaban J connectivity index is 0.00000112. The van der Waals surface area contributed by atoms with Crippen LogP contribution in [0.1, 0.15) is 19.5 Å². The Morgan fingerprint density at radius 2 is 2.13 bits per heavy atom. The highest BCUT2D eigenvalue weighted by molar-refractivity contribution is 5.85. The zero-order valence-corrected chi connectivity index (χ0v) is 9.96. The smallest absolute Gasteiger partial charge is 0.180 e. The van der Waals surface area contributed by atoms with Gasteiger partial charge in [0.05, 0.1) is 5.69 Å². The standard InChI is InChI=1S/C10H17N3O.ClH/c1-8-3-11-4-9(2)13(8)5-10-6-14-7-12-10;/h6-9,11H,3-5H2,1-2H3;1H. The van der Waals surface area contributed by atoms with Crippen molar-refractivity contribution in [3.8, 4) is 0 Å². The molecule has 0 bridgehead atoms. The fourth-order valence-corrected chi connectivity index (χ4v) is 1.98. The molecule has 15 heavy (non-hydrogen) atoms. The molecule has 1 N–H and O–H groups in total. The number of oxazole rings is 1. The summed E-state index contributed by atoms with van der Waals surface area (Å²) in [5.74, 6) is 0. The number of hydrogen-bond acceptors (Lipinski definition) is 4. The summed E-state index contributed by atoms with van der Waals surface area (Å²) in [6.45, 7) is 7.48. The highest BCUT2D eigenvalue weighted by atomic mass is 35.5. The molecule has 2 atom stereocenters. The zero-order chi connectivity index (χ0) is 9.97. The van der Waals surface area contributed by atoms with Crippen molar-refractivity contribution in [2.45, 2.75) is 32.5 Å². The molecule has 1 aromatic rings. The molecule has 1 aliphatic rings. The number of nitrogens with zero attached hydrogens (tertiary/aromatic N) is 2. The molecule has 1 aliphatic heterocycles. The fourth-order valence-electron chi connectivity index (χ4n) is 1.98. The Kier molecular flexibility index (Phi) is 4.57. The van der Waals surface area contributed by atoms with Crippen LogP contribution in [0.3, 0.4) is 0 Å². The van der Waals surface area contributed by atoms with Gasteiger partial charge in [-0.25, -0.2) is 4.98 Å². The van der Waals surface area contributed by atoms with Gasteiger partial charge >= 0.3 is 0 Å². The van der Waals surface area contributed by atoms with E-state index in [1.807, 2.05) is 0 Å². The van der Waals surface area contributed by atoms with E-state index in [2.05, 4.69) is 29.0 Å². The average molecular weight is 232 g/mol. The summed E-state index contributed by atoms with van der Waals surface area (Å²) in [6.07, 6.45) is 3.22. The molecule has 0 radical (unpaired) electrons. The molecule has 0 aliphatic carbocycles. The lowest BCUT2D eigenvalue weighted by molar-refractivity contribution is 0.107. The number of halogens is 1. The molecule has 0 saturated carbocycles. The number of aromatic nitrogens is 1. The zero-order valence-electron chi connectivity index (χ0n) is 9.14. The van der Waals surface area contributed by atoms with Crippen molar-refractivity contribution in [3.05, 3.63) is 18.4 Å². The summed E-state index contributed by atoms with van der Waals surface area (Å²) in [5, 5.41) is 3.41. The molecule has 2 unspecified atom stereocenters. The molecule has 1 aromatic heterocycles. The number of nitrogens with one attached hydrogen (secondary N) is 1. The van der Waals surface area contributed by atoms with Crippen LogP contribution in [0.25, 0.3) is 0 Å². The second kappa shape index (κ2) is 5.49. The molecular formula is C10H18ClN3O. The normalized spacial score (nSPS) is 27.3. The van der Waals surface area contributed by atoms with E-state index in [0.717, 1.165) is 25.3 Å². The minimum absolute atomic E-state index is 0. The first kappa shape index (κ1) is 12.5. The first-order valence-electron chi connectivity index (χ1n) is 5.11. The third-order valence-electron chi connectivity index (χ3n) is 2.84. The molecule has 5 heteroatoms. The monoisotopic (exact) mass is 231 g/mol. The van der Waals surface area contributed by atoms with Gasteiger partial charge in [-0.15, -0.1) is 12.4 Å². The van der Waals surface area contributed by atoms with Crippen molar-refractivity contribution in [1.29, 1.82) is 0 Å². The minimum atomic E-state index is 0. The van der Waals surface area contributed by atoms with Gasteiger partial charge in [0, 0.05) is 31.7 Å². The second-order valence-corrected chi connectivity index (χ2v) is 4.01. The quantitative estimate of drug-likeness (QED) is 0.833. The van der Waals surface area contributed by atoms with Crippen molar-refractivity contribution in [2.75, 3.05) is 13.1 Å². The van der Waals surface area contributed by atoms with Crippen molar-refractivity contribution < 1.29 is 4.42 Å². The van der Waals surface area contributed by atoms with E-state index in [1.54, 1.807) is 6.26 Å². The van der Waals surface area contributed by atoms with Crippen LogP contribution >= 0.6 is 12.4 Å². The van der Waals surface area contributed by atoms with Crippen LogP contribution in [0.2, 0.25) is 0 Å². The molecular weight excluding hydrogens is 214 g/mol. The van der Waals surface area contributed by atoms with E-state index < -0.39 is 0 Å². The summed E-state index contributed by atoms with van der Waals surface area (Å²) in [4.78, 5) is 6.60. The van der Waals surface area contributed by atoms with Crippen molar-refractivity contribution >= 4 is 12.4 Å². The van der Waals surface area contributed by atoms with Crippen molar-refractivity contribution in [1.82, 2.24) is 15.2 Å². The Labute approximate surface area is 96.5 Å². The molecule has 1 saturated heterocycles. The van der Waals surface area contributed by atoms with E-state index >= 15 is 0 Å². The Morgan fingerprint density at radius 1 is 1.47 bits per heavy atom. The van der Waals surface area contributed by atoms with E-state index in [1.165, 1.54) is 6.39 Å². The summed E-state index contributed by atoms with van der Waals surface area (Å²) >= 11 is 0. The van der Waals surface area contributed by atoms with Gasteiger partial charge < -0.3 is 9.73 Å². The first-order valence-corrected chi connectivity index (χ1v) is 5.11. The summed E-state index contributed by atoms with van der Waals surface area (Å²) in [7, 11) is 0. The Morgan fingerprint density at radius 3 is 2.67 bits per heavy atom. The van der Waals surface area contributed by atoms with Gasteiger partial charge in [0.1, 0.15) is 6.26 Å². The lowest BCUT2D eigenvalue weighted by Gasteiger charge is -2.38. The molecule has 1 fully saturated rings. The third kappa shape index (κ3) is 2.93. The maximum Gasteiger partial charge on any atom is 0.180 e. The SMILES string of the molecule is CC1CNCC(C)N1Cc1cocn1.Cl. The molecule has 0 aromatic carbocycles. The second-order valence-electron chi connectivity index (χ2n) is 4.01. The van der Waals surface area contributed by atoms with Crippen LogP contribution in [0.4, 0.5) is 0 Å². The number of hydrogen-bond donors (Lipinski definition) is 1. The lowest BCUT2D eigenvalue weighted by Crippen LogP contribution is -2.54. The van der Waals surface area contributed by atoms with Crippen LogP contribution in [0.15, 0.2) is 17.1 Å². The van der Waals surface area contributed by atoms with Gasteiger partial charge in [-0.05, 0) is 13.8 Å². The highest BCUT2D eigenvalue weighted by Crippen LogP contribution is 2.13. The van der Waals surface area contributed by atoms with Crippen LogP contribution in [0, 0.1) is 0 Å². The highest BCUT2D eigenvalue weighted by Gasteiger charge is 2.24. The molecule has 0 amide bonds. The topological polar surface area (TPSA) is 41.3 Å². The van der Waals surface area contributed by atoms with Gasteiger partial charge in [-0.3, -0.25) is 4.90 Å². The van der Waals surface area contributed by atoms with Crippen LogP contribution in [-0.4, -0.2) is 35.1 Å². The summed E-state index contributed by atoms with van der Waals surface area (Å²) in [6, 6.07) is 1.13. The van der Waals surface area contributed by atoms with Gasteiger partial charge in [-0.2, -0.15) is 0 Å². The lowest BCUT2D eigenvalue weighted by atomic mass is 10.1. The van der Waals surface area contributed by atoms with Gasteiger partial charge in [0.25, 0.3) is 0 Å². The van der Waals surface area contributed by atoms with Gasteiger partial charge in [-0.1, -0.05) is 0 Å². The van der Waals surface area contributed by atoms with E-state index in [-0.39, 0.29) is 12.4 Å². The Hall–Kier alpha value is -0.580. The van der Waals surface area contributed by atoms with E-state index in [9.17, 15) is 0 Å². The predicted molar refractivity (Wildman–Crippen MR) is 61.1 cm³/mol. The fraction of sp³-hybridized carbons (Fsp3) is 0.700. The molecule has 2 rings (SSSR count). The number of piperazine rings is 1. The molecule has 4 nitrogen and oxygen atoms in total. The molecule has 86 valence electrons. The Bertz CT molecular complexity index is 268. The van der Waals surface area contributed by atoms with E-state index in [0.29, 0.717) is 12.1 Å². The first-order chi connectivity index (χ1) is 6.77. The van der Waals surface area contributed by atoms with Gasteiger partial charge in [0.2, 0.25) is 0 Å². The maximum absolute atomic E-state index is 4.97. The van der Waals surface area contributed by atoms with Crippen LogP contribution in [-0.2, 0) is 6.54 Å². The van der Waals surface area contributed by atoms with E-state index in [4.69, 9.17) is 4.42 Å². The molecule has 0 spiro atoms. The van der Waals surface area contributed by atoms with Gasteiger partial charge in [0.15, 0.2) is 6.39 Å². The minimum Gasteiger partial charge on any atom is -0.451 e. The summed E-state index contributed by atoms with van der Waals surface area (Å²) in [5.41, 5.74) is 1.02. The largest absolute Gasteiger partial charge is 0.451 e. The van der Waals surface area contributed by atoms with Crippen LogP contribution < -0.4 is 5.32 Å². The number of rotatable bonds is 2. The van der Waals surface area contributed by atoms with Crippen molar-refractivity contribution in [2.24, 2.45) is 0 Å². The third-order valence-corrected chi connectivity index (χ3v) is 2.84. The van der Waals surface area contributed by atoms with Crippen molar-refractivity contribution in [3.63, 3.8) is 0 Å². The predicted octanol–water partition coefficient (Wildman–Crippen LogP) is 1.28. The van der Waals surface area contributed by atoms with Crippen LogP contribution in [0.5, 0.6) is 0 Å². The summed E-state index contributed by atoms with van der Waals surface area (Å²) < 4.78 is 4.97. The average Bonchev–Trinajstić information content (AvgIpc) is 2.64. The maximum atomic E-state index is 4.97. The molecule has 2 heterocycles.